The molecule has 0 fully saturated rings. The number of hydrogen-bond acceptors (Lipinski definition) is 4. The third-order valence-electron chi connectivity index (χ3n) is 4.29. The summed E-state index contributed by atoms with van der Waals surface area (Å²) in [7, 11) is 0. The van der Waals surface area contributed by atoms with Crippen LogP contribution in [-0.4, -0.2) is 29.7 Å². The van der Waals surface area contributed by atoms with Crippen LogP contribution in [0, 0.1) is 0 Å². The van der Waals surface area contributed by atoms with E-state index in [4.69, 9.17) is 9.47 Å². The van der Waals surface area contributed by atoms with Gasteiger partial charge in [0.15, 0.2) is 0 Å². The lowest BCUT2D eigenvalue weighted by Crippen LogP contribution is -2.41. The molecule has 1 aromatic heterocycles. The molecule has 0 aliphatic heterocycles. The SMILES string of the molecule is CC(=O)OCC(C)(COC(C)=O)n1c2ccccc2c2ccccc21. The Kier molecular flexibility index (Phi) is 4.49. The van der Waals surface area contributed by atoms with Gasteiger partial charge in [0, 0.05) is 35.7 Å². The molecule has 3 aromatic rings. The number of fused-ring (bicyclic) bond motifs is 3. The van der Waals surface area contributed by atoms with Crippen LogP contribution in [0.2, 0.25) is 0 Å². The fourth-order valence-electron chi connectivity index (χ4n) is 3.19. The van der Waals surface area contributed by atoms with E-state index in [1.807, 2.05) is 43.3 Å². The summed E-state index contributed by atoms with van der Waals surface area (Å²) >= 11 is 0. The van der Waals surface area contributed by atoms with E-state index in [9.17, 15) is 9.59 Å². The molecule has 0 radical (unpaired) electrons. The Morgan fingerprint density at radius 2 is 1.24 bits per heavy atom. The third-order valence-corrected chi connectivity index (χ3v) is 4.29. The second-order valence-electron chi connectivity index (χ2n) is 6.43. The van der Waals surface area contributed by atoms with Gasteiger partial charge in [0.1, 0.15) is 18.8 Å². The van der Waals surface area contributed by atoms with Crippen LogP contribution in [0.5, 0.6) is 0 Å². The van der Waals surface area contributed by atoms with Crippen molar-refractivity contribution in [2.24, 2.45) is 0 Å². The number of aromatic nitrogens is 1. The van der Waals surface area contributed by atoms with Crippen molar-refractivity contribution >= 4 is 33.7 Å². The number of rotatable bonds is 5. The minimum atomic E-state index is -0.722. The zero-order valence-corrected chi connectivity index (χ0v) is 14.6. The van der Waals surface area contributed by atoms with Crippen LogP contribution in [0.3, 0.4) is 0 Å². The summed E-state index contributed by atoms with van der Waals surface area (Å²) < 4.78 is 12.7. The van der Waals surface area contributed by atoms with E-state index in [1.54, 1.807) is 0 Å². The van der Waals surface area contributed by atoms with Crippen molar-refractivity contribution in [3.63, 3.8) is 0 Å². The van der Waals surface area contributed by atoms with Crippen molar-refractivity contribution in [3.05, 3.63) is 48.5 Å². The fraction of sp³-hybridized carbons (Fsp3) is 0.300. The molecule has 0 unspecified atom stereocenters. The molecule has 2 aromatic carbocycles. The van der Waals surface area contributed by atoms with E-state index >= 15 is 0 Å². The number of esters is 2. The van der Waals surface area contributed by atoms with E-state index in [2.05, 4.69) is 16.7 Å². The third kappa shape index (κ3) is 3.22. The molecule has 130 valence electrons. The zero-order chi connectivity index (χ0) is 18.0. The molecule has 0 saturated carbocycles. The molecule has 0 amide bonds. The van der Waals surface area contributed by atoms with Gasteiger partial charge in [0.2, 0.25) is 0 Å². The van der Waals surface area contributed by atoms with Gasteiger partial charge in [0.05, 0.1) is 0 Å². The number of carbonyl (C=O) groups is 2. The van der Waals surface area contributed by atoms with Crippen LogP contribution in [-0.2, 0) is 24.6 Å². The second kappa shape index (κ2) is 6.59. The molecule has 5 heteroatoms. The highest BCUT2D eigenvalue weighted by molar-refractivity contribution is 6.08. The Balaban J connectivity index is 2.22. The number of benzene rings is 2. The summed E-state index contributed by atoms with van der Waals surface area (Å²) in [6.45, 7) is 4.89. The quantitative estimate of drug-likeness (QED) is 0.666. The maximum atomic E-state index is 11.4. The summed E-state index contributed by atoms with van der Waals surface area (Å²) in [5.41, 5.74) is 1.29. The summed E-state index contributed by atoms with van der Waals surface area (Å²) in [5, 5.41) is 2.21. The Hall–Kier alpha value is -2.82. The lowest BCUT2D eigenvalue weighted by molar-refractivity contribution is -0.149. The molecule has 25 heavy (non-hydrogen) atoms. The van der Waals surface area contributed by atoms with Crippen molar-refractivity contribution in [3.8, 4) is 0 Å². The predicted molar refractivity (Wildman–Crippen MR) is 96.4 cm³/mol. The molecular formula is C20H21NO4. The van der Waals surface area contributed by atoms with Crippen LogP contribution in [0.25, 0.3) is 21.8 Å². The highest BCUT2D eigenvalue weighted by Crippen LogP contribution is 2.34. The predicted octanol–water partition coefficient (Wildman–Crippen LogP) is 3.64. The highest BCUT2D eigenvalue weighted by atomic mass is 16.5. The average Bonchev–Trinajstić information content (AvgIpc) is 2.93. The van der Waals surface area contributed by atoms with Gasteiger partial charge in [-0.1, -0.05) is 36.4 Å². The van der Waals surface area contributed by atoms with Gasteiger partial charge >= 0.3 is 11.9 Å². The first kappa shape index (κ1) is 17.0. The topological polar surface area (TPSA) is 57.5 Å². The van der Waals surface area contributed by atoms with Crippen molar-refractivity contribution in [1.29, 1.82) is 0 Å². The minimum Gasteiger partial charge on any atom is -0.463 e. The minimum absolute atomic E-state index is 0.109. The number of hydrogen-bond donors (Lipinski definition) is 0. The van der Waals surface area contributed by atoms with Crippen LogP contribution >= 0.6 is 0 Å². The van der Waals surface area contributed by atoms with Gasteiger partial charge in [0.25, 0.3) is 0 Å². The van der Waals surface area contributed by atoms with Gasteiger partial charge < -0.3 is 14.0 Å². The Labute approximate surface area is 146 Å². The maximum absolute atomic E-state index is 11.4. The lowest BCUT2D eigenvalue weighted by atomic mass is 10.0. The smallest absolute Gasteiger partial charge is 0.302 e. The van der Waals surface area contributed by atoms with Gasteiger partial charge in [-0.3, -0.25) is 9.59 Å². The molecule has 0 bridgehead atoms. The molecular weight excluding hydrogens is 318 g/mol. The lowest BCUT2D eigenvalue weighted by Gasteiger charge is -2.32. The van der Waals surface area contributed by atoms with Crippen LogP contribution in [0.1, 0.15) is 20.8 Å². The molecule has 0 atom stereocenters. The first-order chi connectivity index (χ1) is 11.9. The Morgan fingerprint density at radius 1 is 0.840 bits per heavy atom. The molecule has 0 saturated heterocycles. The van der Waals surface area contributed by atoms with Crippen molar-refractivity contribution in [2.45, 2.75) is 26.3 Å². The van der Waals surface area contributed by atoms with E-state index in [-0.39, 0.29) is 25.2 Å². The number of carbonyl (C=O) groups excluding carboxylic acids is 2. The largest absolute Gasteiger partial charge is 0.463 e. The number of ether oxygens (including phenoxy) is 2. The van der Waals surface area contributed by atoms with Crippen molar-refractivity contribution < 1.29 is 19.1 Å². The zero-order valence-electron chi connectivity index (χ0n) is 14.6. The normalized spacial score (nSPS) is 11.6. The van der Waals surface area contributed by atoms with Crippen LogP contribution < -0.4 is 0 Å². The molecule has 0 aliphatic rings. The molecule has 5 nitrogen and oxygen atoms in total. The Morgan fingerprint density at radius 3 is 1.64 bits per heavy atom. The molecule has 0 spiro atoms. The number of para-hydroxylation sites is 2. The monoisotopic (exact) mass is 339 g/mol. The number of nitrogens with zero attached hydrogens (tertiary/aromatic N) is 1. The van der Waals surface area contributed by atoms with Gasteiger partial charge in [-0.15, -0.1) is 0 Å². The highest BCUT2D eigenvalue weighted by Gasteiger charge is 2.33. The molecule has 0 aliphatic carbocycles. The van der Waals surface area contributed by atoms with Gasteiger partial charge in [-0.2, -0.15) is 0 Å². The Bertz CT molecular complexity index is 870. The van der Waals surface area contributed by atoms with E-state index < -0.39 is 5.54 Å². The van der Waals surface area contributed by atoms with E-state index in [0.29, 0.717) is 0 Å². The van der Waals surface area contributed by atoms with Crippen LogP contribution in [0.15, 0.2) is 48.5 Å². The second-order valence-corrected chi connectivity index (χ2v) is 6.43. The van der Waals surface area contributed by atoms with Crippen LogP contribution in [0.4, 0.5) is 0 Å². The molecule has 1 heterocycles. The van der Waals surface area contributed by atoms with E-state index in [0.717, 1.165) is 21.8 Å². The molecule has 0 N–H and O–H groups in total. The molecule has 3 rings (SSSR count). The van der Waals surface area contributed by atoms with Crippen molar-refractivity contribution in [1.82, 2.24) is 4.57 Å². The first-order valence-corrected chi connectivity index (χ1v) is 8.18. The van der Waals surface area contributed by atoms with Crippen molar-refractivity contribution in [2.75, 3.05) is 13.2 Å². The van der Waals surface area contributed by atoms with Gasteiger partial charge in [-0.25, -0.2) is 0 Å². The summed E-state index contributed by atoms with van der Waals surface area (Å²) in [6, 6.07) is 16.1. The van der Waals surface area contributed by atoms with E-state index in [1.165, 1.54) is 13.8 Å². The summed E-state index contributed by atoms with van der Waals surface area (Å²) in [6.07, 6.45) is 0. The maximum Gasteiger partial charge on any atom is 0.302 e. The standard InChI is InChI=1S/C20H21NO4/c1-14(22)24-12-20(3,13-25-15(2)23)21-18-10-6-4-8-16(18)17-9-5-7-11-19(17)21/h4-11H,12-13H2,1-3H3. The fourth-order valence-corrected chi connectivity index (χ4v) is 3.19. The average molecular weight is 339 g/mol. The van der Waals surface area contributed by atoms with Gasteiger partial charge in [-0.05, 0) is 19.1 Å². The summed E-state index contributed by atoms with van der Waals surface area (Å²) in [5.74, 6) is -0.732. The first-order valence-electron chi connectivity index (χ1n) is 8.18. The summed E-state index contributed by atoms with van der Waals surface area (Å²) in [4.78, 5) is 22.8.